The van der Waals surface area contributed by atoms with Gasteiger partial charge in [-0.05, 0) is 56.0 Å². The van der Waals surface area contributed by atoms with E-state index in [1.165, 1.54) is 25.6 Å². The van der Waals surface area contributed by atoms with Gasteiger partial charge in [-0.1, -0.05) is 19.4 Å². The van der Waals surface area contributed by atoms with Gasteiger partial charge in [-0.3, -0.25) is 24.2 Å². The van der Waals surface area contributed by atoms with Crippen LogP contribution in [0, 0.1) is 5.92 Å². The van der Waals surface area contributed by atoms with E-state index in [-0.39, 0.29) is 23.6 Å². The van der Waals surface area contributed by atoms with Crippen LogP contribution < -0.4 is 20.7 Å². The summed E-state index contributed by atoms with van der Waals surface area (Å²) >= 11 is 0. The number of hydrogen-bond donors (Lipinski definition) is 4. The molecule has 4 rings (SSSR count). The molecule has 2 aromatic heterocycles. The molecule has 1 saturated heterocycles. The number of carbonyl (C=O) groups is 5. The standard InChI is InChI=1S/C30H35N5O7/c1-3-7-22(34-29(39)24-15-20-21(33-24)10-4-11-26(20)41-2)28(38)35-23(14-18-8-6-13-32-27(18)37)25(36)17-42-30(40)19-9-5-12-31-16-19/h4-5,9-12,15-16,18,22-23,33H,3,6-8,13-14,17H2,1-2H3,(H,32,37)(H,34,39)(H,35,38)/t18-,22-,23-/m0/s1. The Hall–Kier alpha value is -4.74. The van der Waals surface area contributed by atoms with Crippen LogP contribution in [-0.2, 0) is 19.1 Å². The number of H-pyrrole nitrogens is 1. The Morgan fingerprint density at radius 1 is 1.12 bits per heavy atom. The number of nitrogens with one attached hydrogen (secondary N) is 4. The number of methoxy groups -OCH3 is 1. The summed E-state index contributed by atoms with van der Waals surface area (Å²) in [5.74, 6) is -2.47. The van der Waals surface area contributed by atoms with Gasteiger partial charge in [0.15, 0.2) is 12.4 Å². The van der Waals surface area contributed by atoms with Crippen molar-refractivity contribution in [2.24, 2.45) is 5.92 Å². The Kier molecular flexibility index (Phi) is 10.2. The Morgan fingerprint density at radius 2 is 1.95 bits per heavy atom. The highest BCUT2D eigenvalue weighted by molar-refractivity contribution is 6.02. The predicted molar refractivity (Wildman–Crippen MR) is 153 cm³/mol. The van der Waals surface area contributed by atoms with Crippen molar-refractivity contribution in [3.63, 3.8) is 0 Å². The minimum atomic E-state index is -1.11. The highest BCUT2D eigenvalue weighted by Gasteiger charge is 2.32. The van der Waals surface area contributed by atoms with Crippen molar-refractivity contribution in [2.75, 3.05) is 20.3 Å². The van der Waals surface area contributed by atoms with E-state index >= 15 is 0 Å². The van der Waals surface area contributed by atoms with Crippen LogP contribution in [0.4, 0.5) is 0 Å². The number of aromatic nitrogens is 2. The van der Waals surface area contributed by atoms with E-state index in [2.05, 4.69) is 25.9 Å². The lowest BCUT2D eigenvalue weighted by Gasteiger charge is -2.27. The normalized spacial score (nSPS) is 16.1. The zero-order chi connectivity index (χ0) is 30.1. The van der Waals surface area contributed by atoms with E-state index in [1.807, 2.05) is 13.0 Å². The van der Waals surface area contributed by atoms with Crippen molar-refractivity contribution in [2.45, 2.75) is 51.1 Å². The summed E-state index contributed by atoms with van der Waals surface area (Å²) in [5, 5.41) is 8.98. The summed E-state index contributed by atoms with van der Waals surface area (Å²) in [6.07, 6.45) is 5.04. The first-order valence-electron chi connectivity index (χ1n) is 13.9. The number of ketones is 1. The van der Waals surface area contributed by atoms with E-state index in [0.717, 1.165) is 11.8 Å². The third-order valence-corrected chi connectivity index (χ3v) is 7.16. The van der Waals surface area contributed by atoms with E-state index in [1.54, 1.807) is 24.3 Å². The minimum absolute atomic E-state index is 0.0372. The molecule has 1 fully saturated rings. The van der Waals surface area contributed by atoms with Gasteiger partial charge in [0.1, 0.15) is 17.5 Å². The van der Waals surface area contributed by atoms with Crippen LogP contribution in [0.15, 0.2) is 48.8 Å². The van der Waals surface area contributed by atoms with Gasteiger partial charge >= 0.3 is 5.97 Å². The van der Waals surface area contributed by atoms with Crippen LogP contribution in [0.1, 0.15) is 59.9 Å². The van der Waals surface area contributed by atoms with E-state index in [4.69, 9.17) is 9.47 Å². The molecule has 0 spiro atoms. The average molecular weight is 578 g/mol. The molecular weight excluding hydrogens is 542 g/mol. The van der Waals surface area contributed by atoms with E-state index < -0.39 is 48.2 Å². The fraction of sp³-hybridized carbons (Fsp3) is 0.400. The predicted octanol–water partition coefficient (Wildman–Crippen LogP) is 2.30. The zero-order valence-electron chi connectivity index (χ0n) is 23.6. The summed E-state index contributed by atoms with van der Waals surface area (Å²) < 4.78 is 10.5. The van der Waals surface area contributed by atoms with Gasteiger partial charge in [-0.2, -0.15) is 0 Å². The number of carbonyl (C=O) groups excluding carboxylic acids is 5. The molecule has 0 aliphatic carbocycles. The number of benzene rings is 1. The second kappa shape index (κ2) is 14.2. The number of Topliss-reactive ketones (excluding diaryl/α,β-unsaturated/α-hetero) is 1. The number of hydrogen-bond acceptors (Lipinski definition) is 8. The van der Waals surface area contributed by atoms with Gasteiger partial charge in [-0.15, -0.1) is 0 Å². The molecule has 3 aromatic rings. The summed E-state index contributed by atoms with van der Waals surface area (Å²) in [7, 11) is 1.54. The topological polar surface area (TPSA) is 169 Å². The maximum atomic E-state index is 13.4. The minimum Gasteiger partial charge on any atom is -0.496 e. The van der Waals surface area contributed by atoms with Crippen molar-refractivity contribution < 1.29 is 33.4 Å². The molecule has 0 saturated carbocycles. The number of nitrogens with zero attached hydrogens (tertiary/aromatic N) is 1. The van der Waals surface area contributed by atoms with E-state index in [9.17, 15) is 24.0 Å². The third-order valence-electron chi connectivity index (χ3n) is 7.16. The first-order chi connectivity index (χ1) is 20.3. The van der Waals surface area contributed by atoms with Crippen LogP contribution in [0.5, 0.6) is 5.75 Å². The molecule has 0 unspecified atom stereocenters. The number of rotatable bonds is 13. The Balaban J connectivity index is 1.47. The fourth-order valence-electron chi connectivity index (χ4n) is 4.91. The van der Waals surface area contributed by atoms with Crippen molar-refractivity contribution in [3.05, 3.63) is 60.0 Å². The average Bonchev–Trinajstić information content (AvgIpc) is 3.45. The second-order valence-electron chi connectivity index (χ2n) is 10.1. The number of pyridine rings is 1. The van der Waals surface area contributed by atoms with Gasteiger partial charge in [0.25, 0.3) is 5.91 Å². The second-order valence-corrected chi connectivity index (χ2v) is 10.1. The van der Waals surface area contributed by atoms with Crippen molar-refractivity contribution in [3.8, 4) is 5.75 Å². The molecule has 3 amide bonds. The molecule has 3 atom stereocenters. The van der Waals surface area contributed by atoms with Crippen LogP contribution in [0.2, 0.25) is 0 Å². The zero-order valence-corrected chi connectivity index (χ0v) is 23.6. The Morgan fingerprint density at radius 3 is 2.67 bits per heavy atom. The Labute approximate surface area is 242 Å². The SMILES string of the molecule is CCC[C@H](NC(=O)c1cc2c(OC)cccc2[nH]1)C(=O)N[C@@H](C[C@@H]1CCCNC1=O)C(=O)COC(=O)c1cccnc1. The van der Waals surface area contributed by atoms with E-state index in [0.29, 0.717) is 37.1 Å². The van der Waals surface area contributed by atoms with Crippen LogP contribution >= 0.6 is 0 Å². The molecule has 0 radical (unpaired) electrons. The number of esters is 1. The monoisotopic (exact) mass is 577 g/mol. The summed E-state index contributed by atoms with van der Waals surface area (Å²) in [4.78, 5) is 71.6. The number of piperidine rings is 1. The molecule has 12 heteroatoms. The smallest absolute Gasteiger partial charge is 0.340 e. The quantitative estimate of drug-likeness (QED) is 0.224. The molecule has 12 nitrogen and oxygen atoms in total. The first kappa shape index (κ1) is 30.2. The maximum Gasteiger partial charge on any atom is 0.340 e. The van der Waals surface area contributed by atoms with Crippen molar-refractivity contribution >= 4 is 40.4 Å². The molecule has 42 heavy (non-hydrogen) atoms. The highest BCUT2D eigenvalue weighted by atomic mass is 16.5. The van der Waals surface area contributed by atoms with Crippen LogP contribution in [0.25, 0.3) is 10.9 Å². The lowest BCUT2D eigenvalue weighted by atomic mass is 9.90. The highest BCUT2D eigenvalue weighted by Crippen LogP contribution is 2.26. The number of aromatic amines is 1. The number of amides is 3. The summed E-state index contributed by atoms with van der Waals surface area (Å²) in [5.41, 5.74) is 1.13. The molecule has 222 valence electrons. The van der Waals surface area contributed by atoms with Gasteiger partial charge in [0.05, 0.1) is 18.7 Å². The van der Waals surface area contributed by atoms with Gasteiger partial charge in [-0.25, -0.2) is 4.79 Å². The summed E-state index contributed by atoms with van der Waals surface area (Å²) in [6, 6.07) is 8.04. The molecular formula is C30H35N5O7. The van der Waals surface area contributed by atoms with Gasteiger partial charge in [0, 0.05) is 35.8 Å². The first-order valence-corrected chi connectivity index (χ1v) is 13.9. The third kappa shape index (κ3) is 7.50. The van der Waals surface area contributed by atoms with Crippen LogP contribution in [0.3, 0.4) is 0 Å². The molecule has 1 aliphatic rings. The molecule has 3 heterocycles. The molecule has 4 N–H and O–H groups in total. The Bertz CT molecular complexity index is 1440. The van der Waals surface area contributed by atoms with Crippen molar-refractivity contribution in [1.82, 2.24) is 25.9 Å². The largest absolute Gasteiger partial charge is 0.496 e. The number of fused-ring (bicyclic) bond motifs is 1. The van der Waals surface area contributed by atoms with Crippen LogP contribution in [-0.4, -0.2) is 71.8 Å². The summed E-state index contributed by atoms with van der Waals surface area (Å²) in [6.45, 7) is 1.81. The lowest BCUT2D eigenvalue weighted by molar-refractivity contribution is -0.132. The van der Waals surface area contributed by atoms with Crippen molar-refractivity contribution in [1.29, 1.82) is 0 Å². The fourth-order valence-corrected chi connectivity index (χ4v) is 4.91. The molecule has 0 bridgehead atoms. The van der Waals surface area contributed by atoms with Gasteiger partial charge in [0.2, 0.25) is 11.8 Å². The maximum absolute atomic E-state index is 13.4. The van der Waals surface area contributed by atoms with Gasteiger partial charge < -0.3 is 30.4 Å². The molecule has 1 aliphatic heterocycles. The lowest BCUT2D eigenvalue weighted by Crippen LogP contribution is -2.53. The number of ether oxygens (including phenoxy) is 2. The molecule has 1 aromatic carbocycles.